The largest absolute Gasteiger partial charge is 0.497 e. The molecule has 0 N–H and O–H groups in total. The molecule has 0 rings (SSSR count). The maximum absolute atomic E-state index is 11.5. The highest BCUT2D eigenvalue weighted by molar-refractivity contribution is 7.92. The highest BCUT2D eigenvalue weighted by Crippen LogP contribution is 2.24. The van der Waals surface area contributed by atoms with Crippen LogP contribution in [0.5, 0.6) is 0 Å². The fraction of sp³-hybridized carbons (Fsp3) is 0.800. The van der Waals surface area contributed by atoms with Gasteiger partial charge in [0.1, 0.15) is 0 Å². The van der Waals surface area contributed by atoms with Gasteiger partial charge in [-0.25, -0.2) is 8.42 Å². The van der Waals surface area contributed by atoms with Crippen LogP contribution in [0.25, 0.3) is 0 Å². The zero-order valence-electron chi connectivity index (χ0n) is 5.69. The Morgan fingerprint density at radius 1 is 1.27 bits per heavy atom. The first-order chi connectivity index (χ1) is 4.81. The van der Waals surface area contributed by atoms with E-state index in [1.165, 1.54) is 0 Å². The summed E-state index contributed by atoms with van der Waals surface area (Å²) in [5, 5.41) is 0. The summed E-state index contributed by atoms with van der Waals surface area (Å²) >= 11 is 0. The van der Waals surface area contributed by atoms with Crippen molar-refractivity contribution < 1.29 is 21.6 Å². The second kappa shape index (κ2) is 3.42. The zero-order valence-corrected chi connectivity index (χ0v) is 6.50. The van der Waals surface area contributed by atoms with Crippen LogP contribution in [0, 0.1) is 6.92 Å². The van der Waals surface area contributed by atoms with Gasteiger partial charge in [-0.05, 0) is 6.42 Å². The van der Waals surface area contributed by atoms with Crippen LogP contribution in [-0.4, -0.2) is 19.7 Å². The van der Waals surface area contributed by atoms with Gasteiger partial charge in [-0.15, -0.1) is 0 Å². The van der Waals surface area contributed by atoms with Crippen molar-refractivity contribution in [1.29, 1.82) is 0 Å². The van der Waals surface area contributed by atoms with E-state index in [1.807, 2.05) is 0 Å². The van der Waals surface area contributed by atoms with Gasteiger partial charge in [0, 0.05) is 0 Å². The Hall–Kier alpha value is -0.260. The molecule has 0 heterocycles. The number of hydrogen-bond donors (Lipinski definition) is 0. The maximum Gasteiger partial charge on any atom is 0.497 e. The Morgan fingerprint density at radius 2 is 1.73 bits per heavy atom. The van der Waals surface area contributed by atoms with Crippen molar-refractivity contribution in [3.8, 4) is 0 Å². The van der Waals surface area contributed by atoms with Crippen LogP contribution in [0.1, 0.15) is 12.8 Å². The van der Waals surface area contributed by atoms with E-state index in [1.54, 1.807) is 0 Å². The van der Waals surface area contributed by atoms with Crippen molar-refractivity contribution >= 4 is 9.84 Å². The van der Waals surface area contributed by atoms with Crippen LogP contribution < -0.4 is 0 Å². The number of unbranched alkanes of at least 4 members (excludes halogenated alkanes) is 1. The van der Waals surface area contributed by atoms with Gasteiger partial charge < -0.3 is 0 Å². The van der Waals surface area contributed by atoms with Gasteiger partial charge in [-0.2, -0.15) is 13.2 Å². The summed E-state index contributed by atoms with van der Waals surface area (Å²) in [5.41, 5.74) is -5.11. The molecule has 0 saturated carbocycles. The van der Waals surface area contributed by atoms with E-state index in [9.17, 15) is 21.6 Å². The lowest BCUT2D eigenvalue weighted by molar-refractivity contribution is -0.0435. The molecule has 0 saturated heterocycles. The number of hydrogen-bond acceptors (Lipinski definition) is 2. The molecule has 6 heteroatoms. The van der Waals surface area contributed by atoms with E-state index in [4.69, 9.17) is 0 Å². The highest BCUT2D eigenvalue weighted by atomic mass is 32.2. The summed E-state index contributed by atoms with van der Waals surface area (Å²) in [7, 11) is -4.90. The van der Waals surface area contributed by atoms with E-state index in [0.717, 1.165) is 0 Å². The number of halogens is 3. The van der Waals surface area contributed by atoms with Crippen molar-refractivity contribution in [1.82, 2.24) is 0 Å². The molecule has 0 aromatic carbocycles. The molecule has 0 aromatic heterocycles. The Morgan fingerprint density at radius 3 is 2.00 bits per heavy atom. The topological polar surface area (TPSA) is 34.1 Å². The molecule has 2 nitrogen and oxygen atoms in total. The lowest BCUT2D eigenvalue weighted by atomic mass is 10.4. The normalized spacial score (nSPS) is 13.5. The minimum absolute atomic E-state index is 0.0537. The Bertz CT molecular complexity index is 204. The minimum atomic E-state index is -5.11. The molecule has 67 valence electrons. The van der Waals surface area contributed by atoms with E-state index in [0.29, 0.717) is 0 Å². The molecular formula is C5H8F3O2S. The summed E-state index contributed by atoms with van der Waals surface area (Å²) in [4.78, 5) is 0. The fourth-order valence-corrected chi connectivity index (χ4v) is 1.22. The summed E-state index contributed by atoms with van der Waals surface area (Å²) < 4.78 is 55.2. The summed E-state index contributed by atoms with van der Waals surface area (Å²) in [6.45, 7) is 3.24. The van der Waals surface area contributed by atoms with Crippen molar-refractivity contribution in [2.24, 2.45) is 0 Å². The maximum atomic E-state index is 11.5. The second-order valence-corrected chi connectivity index (χ2v) is 4.07. The Kier molecular flexibility index (Phi) is 3.34. The first kappa shape index (κ1) is 10.7. The predicted octanol–water partition coefficient (Wildman–Crippen LogP) is 1.54. The molecular weight excluding hydrogens is 181 g/mol. The van der Waals surface area contributed by atoms with Gasteiger partial charge in [0.2, 0.25) is 9.84 Å². The molecule has 0 aromatic rings. The molecule has 0 aliphatic heterocycles. The Balaban J connectivity index is 4.26. The third kappa shape index (κ3) is 3.09. The summed E-state index contributed by atoms with van der Waals surface area (Å²) in [5.74, 6) is -0.861. The average Bonchev–Trinajstić information content (AvgIpc) is 1.81. The lowest BCUT2D eigenvalue weighted by Gasteiger charge is -2.05. The summed E-state index contributed by atoms with van der Waals surface area (Å²) in [6, 6.07) is 0. The van der Waals surface area contributed by atoms with Gasteiger partial charge in [-0.1, -0.05) is 13.3 Å². The molecule has 0 amide bonds. The van der Waals surface area contributed by atoms with E-state index in [-0.39, 0.29) is 12.8 Å². The molecule has 0 unspecified atom stereocenters. The van der Waals surface area contributed by atoms with Crippen LogP contribution in [0.4, 0.5) is 13.2 Å². The fourth-order valence-electron chi connectivity index (χ4n) is 0.408. The third-order valence-electron chi connectivity index (χ3n) is 1.02. The molecule has 0 atom stereocenters. The van der Waals surface area contributed by atoms with Gasteiger partial charge in [0.15, 0.2) is 0 Å². The highest BCUT2D eigenvalue weighted by Gasteiger charge is 2.44. The monoisotopic (exact) mass is 189 g/mol. The predicted molar refractivity (Wildman–Crippen MR) is 34.4 cm³/mol. The standard InChI is InChI=1S/C5H8F3O2S/c1-2-3-4-11(9,10)5(6,7)8/h1-4H2. The molecule has 0 spiro atoms. The van der Waals surface area contributed by atoms with E-state index < -0.39 is 21.1 Å². The average molecular weight is 189 g/mol. The number of sulfone groups is 1. The van der Waals surface area contributed by atoms with Crippen LogP contribution in [-0.2, 0) is 9.84 Å². The van der Waals surface area contributed by atoms with Crippen LogP contribution in [0.3, 0.4) is 0 Å². The van der Waals surface area contributed by atoms with Crippen LogP contribution in [0.15, 0.2) is 0 Å². The van der Waals surface area contributed by atoms with Crippen molar-refractivity contribution in [2.45, 2.75) is 18.3 Å². The first-order valence-corrected chi connectivity index (χ1v) is 4.55. The van der Waals surface area contributed by atoms with Crippen LogP contribution >= 0.6 is 0 Å². The molecule has 0 aliphatic carbocycles. The van der Waals surface area contributed by atoms with Gasteiger partial charge >= 0.3 is 5.51 Å². The zero-order chi connectivity index (χ0) is 9.12. The molecule has 1 radical (unpaired) electrons. The second-order valence-electron chi connectivity index (χ2n) is 1.97. The molecule has 11 heavy (non-hydrogen) atoms. The first-order valence-electron chi connectivity index (χ1n) is 2.89. The Labute approximate surface area is 63.3 Å². The van der Waals surface area contributed by atoms with Crippen LogP contribution in [0.2, 0.25) is 0 Å². The van der Waals surface area contributed by atoms with Gasteiger partial charge in [0.25, 0.3) is 0 Å². The molecule has 0 aliphatic rings. The molecule has 0 fully saturated rings. The smallest absolute Gasteiger partial charge is 0.220 e. The van der Waals surface area contributed by atoms with Crippen molar-refractivity contribution in [2.75, 3.05) is 5.75 Å². The quantitative estimate of drug-likeness (QED) is 0.674. The van der Waals surface area contributed by atoms with E-state index >= 15 is 0 Å². The van der Waals surface area contributed by atoms with Gasteiger partial charge in [-0.3, -0.25) is 0 Å². The van der Waals surface area contributed by atoms with Gasteiger partial charge in [0.05, 0.1) is 5.75 Å². The molecule has 0 bridgehead atoms. The van der Waals surface area contributed by atoms with Crippen molar-refractivity contribution in [3.05, 3.63) is 6.92 Å². The SMILES string of the molecule is [CH2]CCCS(=O)(=O)C(F)(F)F. The number of alkyl halides is 3. The third-order valence-corrected chi connectivity index (χ3v) is 2.55. The minimum Gasteiger partial charge on any atom is -0.220 e. The number of rotatable bonds is 3. The van der Waals surface area contributed by atoms with Crippen molar-refractivity contribution in [3.63, 3.8) is 0 Å². The lowest BCUT2D eigenvalue weighted by Crippen LogP contribution is -2.25. The summed E-state index contributed by atoms with van der Waals surface area (Å²) in [6.07, 6.45) is 0.136. The van der Waals surface area contributed by atoms with E-state index in [2.05, 4.69) is 6.92 Å².